The maximum Gasteiger partial charge on any atom is 0.270 e. The highest BCUT2D eigenvalue weighted by molar-refractivity contribution is 5.93. The largest absolute Gasteiger partial charge is 0.365 e. The molecule has 1 amide bonds. The molecular formula is C19H23N3O. The fourth-order valence-electron chi connectivity index (χ4n) is 2.56. The number of carbonyl (C=O) groups is 1. The number of hydrogen-bond donors (Lipinski definition) is 1. The summed E-state index contributed by atoms with van der Waals surface area (Å²) in [5, 5.41) is 3.00. The maximum absolute atomic E-state index is 12.2. The van der Waals surface area contributed by atoms with E-state index in [4.69, 9.17) is 0 Å². The van der Waals surface area contributed by atoms with Crippen molar-refractivity contribution in [3.63, 3.8) is 0 Å². The van der Waals surface area contributed by atoms with Gasteiger partial charge in [0.2, 0.25) is 0 Å². The van der Waals surface area contributed by atoms with Gasteiger partial charge in [-0.2, -0.15) is 0 Å². The molecule has 1 aromatic heterocycles. The molecule has 1 aromatic carbocycles. The number of anilines is 1. The third kappa shape index (κ3) is 4.09. The minimum Gasteiger partial charge on any atom is -0.365 e. The lowest BCUT2D eigenvalue weighted by Gasteiger charge is -2.29. The number of rotatable bonds is 6. The first-order valence-corrected chi connectivity index (χ1v) is 8.21. The predicted molar refractivity (Wildman–Crippen MR) is 92.5 cm³/mol. The number of nitrogens with one attached hydrogen (secondary N) is 1. The van der Waals surface area contributed by atoms with Gasteiger partial charge >= 0.3 is 0 Å². The van der Waals surface area contributed by atoms with Crippen molar-refractivity contribution in [1.82, 2.24) is 10.3 Å². The Kier molecular flexibility index (Phi) is 4.60. The third-order valence-corrected chi connectivity index (χ3v) is 4.04. The van der Waals surface area contributed by atoms with Gasteiger partial charge in [-0.25, -0.2) is 0 Å². The molecule has 0 unspecified atom stereocenters. The number of nitrogens with zero attached hydrogens (tertiary/aromatic N) is 2. The monoisotopic (exact) mass is 309 g/mol. The number of amides is 1. The van der Waals surface area contributed by atoms with E-state index in [2.05, 4.69) is 53.3 Å². The fraction of sp³-hybridized carbons (Fsp3) is 0.368. The van der Waals surface area contributed by atoms with Crippen molar-refractivity contribution < 1.29 is 4.79 Å². The van der Waals surface area contributed by atoms with Gasteiger partial charge in [0.1, 0.15) is 5.69 Å². The number of benzene rings is 1. The van der Waals surface area contributed by atoms with Crippen molar-refractivity contribution >= 4 is 11.6 Å². The summed E-state index contributed by atoms with van der Waals surface area (Å²) in [5.41, 5.74) is 2.77. The molecular weight excluding hydrogens is 286 g/mol. The molecule has 2 aromatic rings. The summed E-state index contributed by atoms with van der Waals surface area (Å²) in [7, 11) is 0. The van der Waals surface area contributed by atoms with Crippen molar-refractivity contribution in [3.8, 4) is 0 Å². The van der Waals surface area contributed by atoms with Crippen molar-refractivity contribution in [2.75, 3.05) is 4.90 Å². The van der Waals surface area contributed by atoms with E-state index in [1.165, 1.54) is 5.56 Å². The van der Waals surface area contributed by atoms with Crippen LogP contribution in [0.15, 0.2) is 48.7 Å². The van der Waals surface area contributed by atoms with Crippen molar-refractivity contribution in [2.45, 2.75) is 45.3 Å². The quantitative estimate of drug-likeness (QED) is 0.889. The smallest absolute Gasteiger partial charge is 0.270 e. The molecule has 120 valence electrons. The van der Waals surface area contributed by atoms with Gasteiger partial charge in [0.05, 0.1) is 0 Å². The Labute approximate surface area is 137 Å². The Morgan fingerprint density at radius 2 is 2.00 bits per heavy atom. The number of carbonyl (C=O) groups excluding carboxylic acids is 1. The number of aromatic nitrogens is 1. The van der Waals surface area contributed by atoms with Crippen LogP contribution in [-0.4, -0.2) is 23.0 Å². The van der Waals surface area contributed by atoms with Gasteiger partial charge in [0, 0.05) is 30.5 Å². The van der Waals surface area contributed by atoms with Crippen LogP contribution in [0.5, 0.6) is 0 Å². The molecule has 1 N–H and O–H groups in total. The molecule has 0 atom stereocenters. The summed E-state index contributed by atoms with van der Waals surface area (Å²) in [6.45, 7) is 5.13. The summed E-state index contributed by atoms with van der Waals surface area (Å²) in [4.78, 5) is 18.7. The van der Waals surface area contributed by atoms with Crippen LogP contribution in [-0.2, 0) is 6.54 Å². The number of hydrogen-bond acceptors (Lipinski definition) is 3. The Morgan fingerprint density at radius 3 is 2.65 bits per heavy atom. The van der Waals surface area contributed by atoms with Crippen LogP contribution in [0.1, 0.15) is 42.7 Å². The highest BCUT2D eigenvalue weighted by atomic mass is 16.2. The van der Waals surface area contributed by atoms with Gasteiger partial charge in [0.25, 0.3) is 5.91 Å². The van der Waals surface area contributed by atoms with Crippen LogP contribution < -0.4 is 10.2 Å². The van der Waals surface area contributed by atoms with Gasteiger partial charge in [0.15, 0.2) is 0 Å². The molecule has 1 aliphatic carbocycles. The van der Waals surface area contributed by atoms with Crippen molar-refractivity contribution in [1.29, 1.82) is 0 Å². The molecule has 0 radical (unpaired) electrons. The highest BCUT2D eigenvalue weighted by Gasteiger charge is 2.24. The second kappa shape index (κ2) is 6.82. The van der Waals surface area contributed by atoms with E-state index in [1.807, 2.05) is 18.2 Å². The molecule has 1 saturated carbocycles. The molecule has 4 nitrogen and oxygen atoms in total. The van der Waals surface area contributed by atoms with E-state index in [0.29, 0.717) is 17.8 Å². The Bertz CT molecular complexity index is 665. The first-order valence-electron chi connectivity index (χ1n) is 8.21. The van der Waals surface area contributed by atoms with Crippen molar-refractivity contribution in [3.05, 3.63) is 59.9 Å². The van der Waals surface area contributed by atoms with Crippen LogP contribution in [0.2, 0.25) is 0 Å². The molecule has 23 heavy (non-hydrogen) atoms. The van der Waals surface area contributed by atoms with Crippen LogP contribution in [0.25, 0.3) is 0 Å². The molecule has 3 rings (SSSR count). The summed E-state index contributed by atoms with van der Waals surface area (Å²) in [6.07, 6.45) is 3.88. The van der Waals surface area contributed by atoms with E-state index < -0.39 is 0 Å². The third-order valence-electron chi connectivity index (χ3n) is 4.04. The first kappa shape index (κ1) is 15.5. The SMILES string of the molecule is CC(C)N(Cc1ccccc1)c1ccnc(C(=O)NC2CC2)c1. The van der Waals surface area contributed by atoms with Gasteiger partial charge in [-0.05, 0) is 44.4 Å². The molecule has 1 heterocycles. The zero-order valence-electron chi connectivity index (χ0n) is 13.7. The predicted octanol–water partition coefficient (Wildman–Crippen LogP) is 3.39. The van der Waals surface area contributed by atoms with E-state index in [9.17, 15) is 4.79 Å². The second-order valence-corrected chi connectivity index (χ2v) is 6.35. The average molecular weight is 309 g/mol. The van der Waals surface area contributed by atoms with Gasteiger partial charge in [-0.3, -0.25) is 9.78 Å². The Morgan fingerprint density at radius 1 is 1.26 bits per heavy atom. The normalized spacial score (nSPS) is 13.9. The second-order valence-electron chi connectivity index (χ2n) is 6.35. The minimum absolute atomic E-state index is 0.0715. The molecule has 0 aliphatic heterocycles. The minimum atomic E-state index is -0.0715. The zero-order chi connectivity index (χ0) is 16.2. The molecule has 1 aliphatic rings. The summed E-state index contributed by atoms with van der Waals surface area (Å²) >= 11 is 0. The summed E-state index contributed by atoms with van der Waals surface area (Å²) in [5.74, 6) is -0.0715. The summed E-state index contributed by atoms with van der Waals surface area (Å²) < 4.78 is 0. The molecule has 0 spiro atoms. The van der Waals surface area contributed by atoms with Crippen LogP contribution in [0.4, 0.5) is 5.69 Å². The van der Waals surface area contributed by atoms with Crippen LogP contribution >= 0.6 is 0 Å². The van der Waals surface area contributed by atoms with Crippen LogP contribution in [0, 0.1) is 0 Å². The maximum atomic E-state index is 12.2. The summed E-state index contributed by atoms with van der Waals surface area (Å²) in [6, 6.07) is 14.9. The molecule has 0 saturated heterocycles. The van der Waals surface area contributed by atoms with Crippen molar-refractivity contribution in [2.24, 2.45) is 0 Å². The lowest BCUT2D eigenvalue weighted by Crippen LogP contribution is -2.31. The average Bonchev–Trinajstić information content (AvgIpc) is 3.37. The lowest BCUT2D eigenvalue weighted by atomic mass is 10.1. The topological polar surface area (TPSA) is 45.2 Å². The first-order chi connectivity index (χ1) is 11.1. The van der Waals surface area contributed by atoms with E-state index in [-0.39, 0.29) is 5.91 Å². The Balaban J connectivity index is 1.80. The lowest BCUT2D eigenvalue weighted by molar-refractivity contribution is 0.0946. The van der Waals surface area contributed by atoms with E-state index in [1.54, 1.807) is 6.20 Å². The van der Waals surface area contributed by atoms with Gasteiger partial charge in [-0.1, -0.05) is 30.3 Å². The van der Waals surface area contributed by atoms with E-state index in [0.717, 1.165) is 25.1 Å². The molecule has 0 bridgehead atoms. The van der Waals surface area contributed by atoms with Crippen LogP contribution in [0.3, 0.4) is 0 Å². The fourth-order valence-corrected chi connectivity index (χ4v) is 2.56. The molecule has 1 fully saturated rings. The number of pyridine rings is 1. The highest BCUT2D eigenvalue weighted by Crippen LogP contribution is 2.22. The Hall–Kier alpha value is -2.36. The molecule has 4 heteroatoms. The van der Waals surface area contributed by atoms with Gasteiger partial charge < -0.3 is 10.2 Å². The van der Waals surface area contributed by atoms with Gasteiger partial charge in [-0.15, -0.1) is 0 Å². The standard InChI is InChI=1S/C19H23N3O/c1-14(2)22(13-15-6-4-3-5-7-15)17-10-11-20-18(12-17)19(23)21-16-8-9-16/h3-7,10-12,14,16H,8-9,13H2,1-2H3,(H,21,23). The van der Waals surface area contributed by atoms with E-state index >= 15 is 0 Å². The zero-order valence-corrected chi connectivity index (χ0v) is 13.7.